The van der Waals surface area contributed by atoms with Gasteiger partial charge in [0.2, 0.25) is 5.91 Å². The number of carbonyl (C=O) groups excluding carboxylic acids is 1. The predicted molar refractivity (Wildman–Crippen MR) is 141 cm³/mol. The number of amides is 1. The predicted octanol–water partition coefficient (Wildman–Crippen LogP) is 5.42. The van der Waals surface area contributed by atoms with Gasteiger partial charge < -0.3 is 10.2 Å². The number of aryl methyl sites for hydroxylation is 3. The molecule has 0 aliphatic carbocycles. The Balaban J connectivity index is 1.32. The van der Waals surface area contributed by atoms with Crippen molar-refractivity contribution < 1.29 is 4.79 Å². The van der Waals surface area contributed by atoms with Crippen LogP contribution >= 0.6 is 0 Å². The van der Waals surface area contributed by atoms with Gasteiger partial charge in [-0.2, -0.15) is 9.61 Å². The molecule has 0 bridgehead atoms. The number of hydrogen-bond donors (Lipinski definition) is 1. The molecule has 1 aliphatic heterocycles. The minimum Gasteiger partial charge on any atom is -0.356 e. The van der Waals surface area contributed by atoms with Crippen LogP contribution in [0.4, 0.5) is 5.82 Å². The zero-order valence-electron chi connectivity index (χ0n) is 21.0. The van der Waals surface area contributed by atoms with Crippen LogP contribution in [0.2, 0.25) is 0 Å². The van der Waals surface area contributed by atoms with Crippen LogP contribution in [-0.4, -0.2) is 33.6 Å². The van der Waals surface area contributed by atoms with Gasteiger partial charge >= 0.3 is 0 Å². The van der Waals surface area contributed by atoms with Crippen molar-refractivity contribution in [1.82, 2.24) is 19.9 Å². The van der Waals surface area contributed by atoms with Gasteiger partial charge in [-0.25, -0.2) is 4.98 Å². The molecule has 0 radical (unpaired) electrons. The summed E-state index contributed by atoms with van der Waals surface area (Å²) in [5.74, 6) is 1.21. The van der Waals surface area contributed by atoms with E-state index in [1.807, 2.05) is 36.6 Å². The Labute approximate surface area is 207 Å². The highest BCUT2D eigenvalue weighted by atomic mass is 16.1. The Kier molecular flexibility index (Phi) is 6.29. The highest BCUT2D eigenvalue weighted by molar-refractivity contribution is 5.79. The fourth-order valence-corrected chi connectivity index (χ4v) is 5.10. The van der Waals surface area contributed by atoms with Crippen molar-refractivity contribution in [1.29, 1.82) is 0 Å². The molecular weight excluding hydrogens is 434 g/mol. The number of rotatable bonds is 5. The number of hydrogen-bond acceptors (Lipinski definition) is 4. The molecular formula is C29H33N5O. The lowest BCUT2D eigenvalue weighted by Crippen LogP contribution is -2.41. The molecule has 1 amide bonds. The molecule has 35 heavy (non-hydrogen) atoms. The number of fused-ring (bicyclic) bond motifs is 1. The van der Waals surface area contributed by atoms with E-state index in [-0.39, 0.29) is 17.9 Å². The van der Waals surface area contributed by atoms with Crippen LogP contribution in [0.25, 0.3) is 16.9 Å². The molecule has 6 heteroatoms. The third-order valence-corrected chi connectivity index (χ3v) is 6.90. The third-order valence-electron chi connectivity index (χ3n) is 6.90. The maximum absolute atomic E-state index is 12.9. The zero-order chi connectivity index (χ0) is 24.5. The van der Waals surface area contributed by atoms with E-state index in [2.05, 4.69) is 66.5 Å². The van der Waals surface area contributed by atoms with Crippen LogP contribution in [-0.2, 0) is 4.79 Å². The molecule has 6 nitrogen and oxygen atoms in total. The Morgan fingerprint density at radius 3 is 2.34 bits per heavy atom. The van der Waals surface area contributed by atoms with Crippen molar-refractivity contribution >= 4 is 17.4 Å². The van der Waals surface area contributed by atoms with E-state index in [1.165, 1.54) is 11.1 Å². The number of piperidine rings is 1. The second kappa shape index (κ2) is 9.53. The van der Waals surface area contributed by atoms with E-state index in [4.69, 9.17) is 10.1 Å². The molecule has 1 aliphatic rings. The molecule has 1 atom stereocenters. The lowest BCUT2D eigenvalue weighted by molar-refractivity contribution is -0.126. The van der Waals surface area contributed by atoms with Crippen molar-refractivity contribution in [2.45, 2.75) is 46.6 Å². The summed E-state index contributed by atoms with van der Waals surface area (Å²) >= 11 is 0. The van der Waals surface area contributed by atoms with E-state index in [1.54, 1.807) is 0 Å². The minimum absolute atomic E-state index is 0.0111. The highest BCUT2D eigenvalue weighted by Gasteiger charge is 2.27. The van der Waals surface area contributed by atoms with Crippen LogP contribution in [0.15, 0.2) is 60.7 Å². The first-order valence-corrected chi connectivity index (χ1v) is 12.4. The smallest absolute Gasteiger partial charge is 0.223 e. The SMILES string of the molecule is Cc1cc(C)cc(-c2cc3nc(C)cc(N4CCC(C(=O)N[C@H](C)c5ccccc5)CC4)n3n2)c1. The molecule has 2 aromatic carbocycles. The maximum Gasteiger partial charge on any atom is 0.223 e. The number of anilines is 1. The molecule has 4 aromatic rings. The quantitative estimate of drug-likeness (QED) is 0.426. The van der Waals surface area contributed by atoms with Gasteiger partial charge in [0.15, 0.2) is 5.65 Å². The first-order valence-electron chi connectivity index (χ1n) is 12.4. The van der Waals surface area contributed by atoms with Crippen LogP contribution in [0, 0.1) is 26.7 Å². The maximum atomic E-state index is 12.9. The van der Waals surface area contributed by atoms with Gasteiger partial charge in [0.1, 0.15) is 5.82 Å². The van der Waals surface area contributed by atoms with Crippen LogP contribution in [0.3, 0.4) is 0 Å². The molecule has 0 unspecified atom stereocenters. The largest absolute Gasteiger partial charge is 0.356 e. The van der Waals surface area contributed by atoms with Crippen molar-refractivity contribution in [3.05, 3.63) is 83.0 Å². The van der Waals surface area contributed by atoms with E-state index in [0.29, 0.717) is 0 Å². The van der Waals surface area contributed by atoms with Gasteiger partial charge in [-0.3, -0.25) is 4.79 Å². The highest BCUT2D eigenvalue weighted by Crippen LogP contribution is 2.28. The van der Waals surface area contributed by atoms with E-state index in [0.717, 1.165) is 59.9 Å². The standard InChI is InChI=1S/C29H33N5O/c1-19-14-20(2)16-25(15-19)26-18-27-30-21(3)17-28(34(27)32-26)33-12-10-24(11-13-33)29(35)31-22(4)23-8-6-5-7-9-23/h5-9,14-18,22,24H,10-13H2,1-4H3,(H,31,35)/t22-/m1/s1. The molecule has 2 aromatic heterocycles. The molecule has 3 heterocycles. The summed E-state index contributed by atoms with van der Waals surface area (Å²) in [6, 6.07) is 20.8. The third kappa shape index (κ3) is 4.92. The summed E-state index contributed by atoms with van der Waals surface area (Å²) in [5.41, 5.74) is 7.44. The lowest BCUT2D eigenvalue weighted by atomic mass is 9.95. The van der Waals surface area contributed by atoms with Gasteiger partial charge in [0.25, 0.3) is 0 Å². The molecule has 180 valence electrons. The Morgan fingerprint density at radius 1 is 0.971 bits per heavy atom. The summed E-state index contributed by atoms with van der Waals surface area (Å²) in [5, 5.41) is 8.15. The first-order chi connectivity index (χ1) is 16.9. The normalized spacial score (nSPS) is 15.4. The second-order valence-corrected chi connectivity index (χ2v) is 9.83. The lowest BCUT2D eigenvalue weighted by Gasteiger charge is -2.33. The first kappa shape index (κ1) is 23.1. The zero-order valence-corrected chi connectivity index (χ0v) is 21.0. The van der Waals surface area contributed by atoms with Gasteiger partial charge in [0, 0.05) is 42.4 Å². The molecule has 1 saturated heterocycles. The van der Waals surface area contributed by atoms with Crippen molar-refractivity contribution in [3.8, 4) is 11.3 Å². The molecule has 0 spiro atoms. The Morgan fingerprint density at radius 2 is 1.66 bits per heavy atom. The summed E-state index contributed by atoms with van der Waals surface area (Å²) in [7, 11) is 0. The van der Waals surface area contributed by atoms with Crippen LogP contribution in [0.1, 0.15) is 48.2 Å². The fraction of sp³-hybridized carbons (Fsp3) is 0.345. The average Bonchev–Trinajstić information content (AvgIpc) is 3.27. The molecule has 1 N–H and O–H groups in total. The van der Waals surface area contributed by atoms with Crippen molar-refractivity contribution in [3.63, 3.8) is 0 Å². The van der Waals surface area contributed by atoms with E-state index in [9.17, 15) is 4.79 Å². The number of carbonyl (C=O) groups is 1. The van der Waals surface area contributed by atoms with Gasteiger partial charge in [-0.05, 0) is 58.2 Å². The van der Waals surface area contributed by atoms with Gasteiger partial charge in [-0.1, -0.05) is 47.5 Å². The monoisotopic (exact) mass is 467 g/mol. The average molecular weight is 468 g/mol. The second-order valence-electron chi connectivity index (χ2n) is 9.83. The van der Waals surface area contributed by atoms with Gasteiger partial charge in [0.05, 0.1) is 11.7 Å². The fourth-order valence-electron chi connectivity index (χ4n) is 5.10. The number of aromatic nitrogens is 3. The number of nitrogens with zero attached hydrogens (tertiary/aromatic N) is 4. The summed E-state index contributed by atoms with van der Waals surface area (Å²) < 4.78 is 1.96. The topological polar surface area (TPSA) is 62.5 Å². The van der Waals surface area contributed by atoms with Crippen molar-refractivity contribution in [2.24, 2.45) is 5.92 Å². The van der Waals surface area contributed by atoms with Gasteiger partial charge in [-0.15, -0.1) is 0 Å². The Hall–Kier alpha value is -3.67. The van der Waals surface area contributed by atoms with Crippen molar-refractivity contribution in [2.75, 3.05) is 18.0 Å². The van der Waals surface area contributed by atoms with Crippen LogP contribution in [0.5, 0.6) is 0 Å². The number of nitrogens with one attached hydrogen (secondary N) is 1. The molecule has 0 saturated carbocycles. The molecule has 5 rings (SSSR count). The summed E-state index contributed by atoms with van der Waals surface area (Å²) in [4.78, 5) is 20.0. The van der Waals surface area contributed by atoms with Crippen LogP contribution < -0.4 is 10.2 Å². The molecule has 1 fully saturated rings. The van der Waals surface area contributed by atoms with E-state index < -0.39 is 0 Å². The summed E-state index contributed by atoms with van der Waals surface area (Å²) in [6.45, 7) is 9.92. The van der Waals surface area contributed by atoms with E-state index >= 15 is 0 Å². The Bertz CT molecular complexity index is 1330. The minimum atomic E-state index is 0.0111. The number of benzene rings is 2. The summed E-state index contributed by atoms with van der Waals surface area (Å²) in [6.07, 6.45) is 1.64.